The molecule has 0 aliphatic heterocycles. The van der Waals surface area contributed by atoms with Gasteiger partial charge in [-0.2, -0.15) is 5.10 Å². The largest absolute Gasteiger partial charge is 0.396 e. The van der Waals surface area contributed by atoms with Crippen molar-refractivity contribution < 1.29 is 13.2 Å². The quantitative estimate of drug-likeness (QED) is 0.605. The first-order chi connectivity index (χ1) is 9.26. The van der Waals surface area contributed by atoms with Gasteiger partial charge in [0.25, 0.3) is 0 Å². The van der Waals surface area contributed by atoms with Crippen LogP contribution in [0.1, 0.15) is 18.3 Å². The summed E-state index contributed by atoms with van der Waals surface area (Å²) in [6.07, 6.45) is 0. The van der Waals surface area contributed by atoms with E-state index in [-0.39, 0.29) is 24.7 Å². The summed E-state index contributed by atoms with van der Waals surface area (Å²) in [4.78, 5) is 11.7. The maximum Gasteiger partial charge on any atom is 0.241 e. The number of sulfonamides is 1. The lowest BCUT2D eigenvalue weighted by Crippen LogP contribution is -2.36. The van der Waals surface area contributed by atoms with Crippen LogP contribution in [0.15, 0.2) is 0 Å². The molecule has 4 N–H and O–H groups in total. The lowest BCUT2D eigenvalue weighted by Gasteiger charge is -2.07. The number of anilines is 1. The van der Waals surface area contributed by atoms with E-state index in [0.717, 1.165) is 5.69 Å². The van der Waals surface area contributed by atoms with Crippen LogP contribution in [0.5, 0.6) is 0 Å². The SMILES string of the molecule is CCNS(=O)(=O)CCNC(=O)Cn1nc(C)c(N)c1C. The van der Waals surface area contributed by atoms with E-state index in [1.165, 1.54) is 4.68 Å². The fourth-order valence-corrected chi connectivity index (χ4v) is 2.63. The molecule has 0 atom stereocenters. The van der Waals surface area contributed by atoms with Gasteiger partial charge in [0.05, 0.1) is 22.8 Å². The summed E-state index contributed by atoms with van der Waals surface area (Å²) in [7, 11) is -3.32. The maximum atomic E-state index is 11.7. The molecule has 0 fully saturated rings. The Bertz CT molecular complexity index is 579. The van der Waals surface area contributed by atoms with Crippen LogP contribution >= 0.6 is 0 Å². The van der Waals surface area contributed by atoms with Gasteiger partial charge < -0.3 is 11.1 Å². The first-order valence-corrected chi connectivity index (χ1v) is 7.95. The van der Waals surface area contributed by atoms with Crippen molar-refractivity contribution in [2.24, 2.45) is 0 Å². The van der Waals surface area contributed by atoms with E-state index in [0.29, 0.717) is 17.9 Å². The predicted molar refractivity (Wildman–Crippen MR) is 76.6 cm³/mol. The average molecular weight is 303 g/mol. The van der Waals surface area contributed by atoms with E-state index < -0.39 is 10.0 Å². The molecular weight excluding hydrogens is 282 g/mol. The summed E-state index contributed by atoms with van der Waals surface area (Å²) in [5, 5.41) is 6.68. The van der Waals surface area contributed by atoms with Gasteiger partial charge in [0, 0.05) is 13.1 Å². The molecule has 9 heteroatoms. The number of rotatable bonds is 7. The van der Waals surface area contributed by atoms with Gasteiger partial charge in [0.1, 0.15) is 6.54 Å². The fraction of sp³-hybridized carbons (Fsp3) is 0.636. The highest BCUT2D eigenvalue weighted by Gasteiger charge is 2.12. The lowest BCUT2D eigenvalue weighted by molar-refractivity contribution is -0.121. The van der Waals surface area contributed by atoms with Crippen LogP contribution in [0.4, 0.5) is 5.69 Å². The lowest BCUT2D eigenvalue weighted by atomic mass is 10.3. The second-order valence-electron chi connectivity index (χ2n) is 4.41. The number of nitrogens with zero attached hydrogens (tertiary/aromatic N) is 2. The fourth-order valence-electron chi connectivity index (χ4n) is 1.67. The van der Waals surface area contributed by atoms with Crippen LogP contribution < -0.4 is 15.8 Å². The molecule has 1 rings (SSSR count). The molecule has 0 unspecified atom stereocenters. The minimum Gasteiger partial charge on any atom is -0.396 e. The minimum atomic E-state index is -3.32. The molecule has 20 heavy (non-hydrogen) atoms. The molecule has 0 saturated heterocycles. The zero-order valence-electron chi connectivity index (χ0n) is 11.9. The molecule has 1 heterocycles. The minimum absolute atomic E-state index is 0.0190. The Morgan fingerprint density at radius 2 is 2.05 bits per heavy atom. The number of nitrogens with two attached hydrogens (primary N) is 1. The number of carbonyl (C=O) groups is 1. The van der Waals surface area contributed by atoms with Crippen molar-refractivity contribution >= 4 is 21.6 Å². The van der Waals surface area contributed by atoms with Crippen molar-refractivity contribution in [1.29, 1.82) is 0 Å². The maximum absolute atomic E-state index is 11.7. The topological polar surface area (TPSA) is 119 Å². The highest BCUT2D eigenvalue weighted by molar-refractivity contribution is 7.89. The zero-order valence-corrected chi connectivity index (χ0v) is 12.7. The standard InChI is InChI=1S/C11H21N5O3S/c1-4-14-20(18,19)6-5-13-10(17)7-16-9(3)11(12)8(2)15-16/h14H,4-7,12H2,1-3H3,(H,13,17). The van der Waals surface area contributed by atoms with Crippen molar-refractivity contribution in [2.45, 2.75) is 27.3 Å². The molecule has 0 saturated carbocycles. The molecular formula is C11H21N5O3S. The molecule has 0 bridgehead atoms. The van der Waals surface area contributed by atoms with Crippen LogP contribution in [0, 0.1) is 13.8 Å². The first kappa shape index (κ1) is 16.4. The molecule has 8 nitrogen and oxygen atoms in total. The van der Waals surface area contributed by atoms with Crippen LogP contribution in [-0.4, -0.2) is 42.9 Å². The number of nitrogen functional groups attached to an aromatic ring is 1. The summed E-state index contributed by atoms with van der Waals surface area (Å²) in [6.45, 7) is 5.65. The number of aryl methyl sites for hydroxylation is 1. The van der Waals surface area contributed by atoms with Crippen LogP contribution in [0.3, 0.4) is 0 Å². The third-order valence-electron chi connectivity index (χ3n) is 2.79. The molecule has 0 aromatic carbocycles. The Kier molecular flexibility index (Phi) is 5.52. The van der Waals surface area contributed by atoms with E-state index in [1.54, 1.807) is 20.8 Å². The molecule has 114 valence electrons. The number of hydrogen-bond acceptors (Lipinski definition) is 5. The Balaban J connectivity index is 2.47. The molecule has 0 aliphatic carbocycles. The summed E-state index contributed by atoms with van der Waals surface area (Å²) in [5.41, 5.74) is 7.72. The van der Waals surface area contributed by atoms with Crippen molar-refractivity contribution in [1.82, 2.24) is 19.8 Å². The highest BCUT2D eigenvalue weighted by Crippen LogP contribution is 2.14. The van der Waals surface area contributed by atoms with Gasteiger partial charge in [-0.3, -0.25) is 9.48 Å². The van der Waals surface area contributed by atoms with Crippen molar-refractivity contribution in [3.63, 3.8) is 0 Å². The summed E-state index contributed by atoms with van der Waals surface area (Å²) >= 11 is 0. The number of carbonyl (C=O) groups excluding carboxylic acids is 1. The average Bonchev–Trinajstić information content (AvgIpc) is 2.56. The zero-order chi connectivity index (χ0) is 15.3. The van der Waals surface area contributed by atoms with Crippen LogP contribution in [-0.2, 0) is 21.4 Å². The van der Waals surface area contributed by atoms with E-state index >= 15 is 0 Å². The normalized spacial score (nSPS) is 11.6. The second-order valence-corrected chi connectivity index (χ2v) is 6.34. The predicted octanol–water partition coefficient (Wildman–Crippen LogP) is -0.862. The molecule has 0 radical (unpaired) electrons. The van der Waals surface area contributed by atoms with Crippen molar-refractivity contribution in [3.8, 4) is 0 Å². The van der Waals surface area contributed by atoms with E-state index in [4.69, 9.17) is 5.73 Å². The van der Waals surface area contributed by atoms with Gasteiger partial charge in [-0.05, 0) is 13.8 Å². The summed E-state index contributed by atoms with van der Waals surface area (Å²) in [6, 6.07) is 0. The monoisotopic (exact) mass is 303 g/mol. The smallest absolute Gasteiger partial charge is 0.241 e. The van der Waals surface area contributed by atoms with Gasteiger partial charge in [-0.1, -0.05) is 6.92 Å². The highest BCUT2D eigenvalue weighted by atomic mass is 32.2. The number of aromatic nitrogens is 2. The Morgan fingerprint density at radius 3 is 2.55 bits per heavy atom. The second kappa shape index (κ2) is 6.71. The molecule has 1 aromatic rings. The van der Waals surface area contributed by atoms with Gasteiger partial charge in [-0.15, -0.1) is 0 Å². The van der Waals surface area contributed by atoms with Gasteiger partial charge in [0.2, 0.25) is 15.9 Å². The third-order valence-corrected chi connectivity index (χ3v) is 4.26. The Hall–Kier alpha value is -1.61. The third kappa shape index (κ3) is 4.49. The molecule has 0 spiro atoms. The van der Waals surface area contributed by atoms with Crippen molar-refractivity contribution in [3.05, 3.63) is 11.4 Å². The van der Waals surface area contributed by atoms with Crippen LogP contribution in [0.25, 0.3) is 0 Å². The van der Waals surface area contributed by atoms with Crippen LogP contribution in [0.2, 0.25) is 0 Å². The number of hydrogen-bond donors (Lipinski definition) is 3. The number of amides is 1. The molecule has 1 aromatic heterocycles. The van der Waals surface area contributed by atoms with E-state index in [2.05, 4.69) is 15.1 Å². The first-order valence-electron chi connectivity index (χ1n) is 6.30. The number of nitrogens with one attached hydrogen (secondary N) is 2. The molecule has 0 aliphatic rings. The van der Waals surface area contributed by atoms with E-state index in [9.17, 15) is 13.2 Å². The Morgan fingerprint density at radius 1 is 1.40 bits per heavy atom. The van der Waals surface area contributed by atoms with E-state index in [1.807, 2.05) is 0 Å². The van der Waals surface area contributed by atoms with Gasteiger partial charge in [0.15, 0.2) is 0 Å². The van der Waals surface area contributed by atoms with Gasteiger partial charge >= 0.3 is 0 Å². The van der Waals surface area contributed by atoms with Gasteiger partial charge in [-0.25, -0.2) is 13.1 Å². The van der Waals surface area contributed by atoms with Crippen molar-refractivity contribution in [2.75, 3.05) is 24.6 Å². The molecule has 1 amide bonds. The Labute approximate surface area is 118 Å². The summed E-state index contributed by atoms with van der Waals surface area (Å²) in [5.74, 6) is -0.450. The summed E-state index contributed by atoms with van der Waals surface area (Å²) < 4.78 is 26.6.